The summed E-state index contributed by atoms with van der Waals surface area (Å²) in [5.74, 6) is 0.00741. The van der Waals surface area contributed by atoms with Crippen LogP contribution < -0.4 is 0 Å². The highest BCUT2D eigenvalue weighted by Gasteiger charge is 2.16. The number of hydrogen-bond acceptors (Lipinski definition) is 2. The summed E-state index contributed by atoms with van der Waals surface area (Å²) in [5.41, 5.74) is 0.666. The molecule has 1 aromatic rings. The number of carbonyl (C=O) groups excluding carboxylic acids is 1. The van der Waals surface area contributed by atoms with E-state index in [1.165, 1.54) is 6.92 Å². The first kappa shape index (κ1) is 11.0. The monoisotopic (exact) mass is 219 g/mol. The van der Waals surface area contributed by atoms with E-state index >= 15 is 0 Å². The van der Waals surface area contributed by atoms with Crippen LogP contribution in [0.25, 0.3) is 0 Å². The molecule has 76 valence electrons. The molecule has 0 amide bonds. The lowest BCUT2D eigenvalue weighted by Gasteiger charge is -2.09. The fraction of sp³-hybridized carbons (Fsp3) is 0.333. The maximum absolute atomic E-state index is 12.4. The predicted molar refractivity (Wildman–Crippen MR) is 48.9 cm³/mol. The Labute approximate surface area is 84.9 Å². The Morgan fingerprint density at radius 3 is 2.71 bits per heavy atom. The van der Waals surface area contributed by atoms with Crippen LogP contribution >= 0.6 is 11.6 Å². The third-order valence-corrected chi connectivity index (χ3v) is 2.29. The van der Waals surface area contributed by atoms with Crippen molar-refractivity contribution in [3.8, 4) is 0 Å². The van der Waals surface area contributed by atoms with Crippen molar-refractivity contribution in [2.75, 3.05) is 0 Å². The van der Waals surface area contributed by atoms with Crippen molar-refractivity contribution in [1.82, 2.24) is 4.98 Å². The lowest BCUT2D eigenvalue weighted by atomic mass is 10.0. The predicted octanol–water partition coefficient (Wildman–Crippen LogP) is 2.88. The molecule has 0 fully saturated rings. The van der Waals surface area contributed by atoms with Gasteiger partial charge >= 0.3 is 0 Å². The summed E-state index contributed by atoms with van der Waals surface area (Å²) in [6.45, 7) is 1.51. The molecule has 0 N–H and O–H groups in total. The van der Waals surface area contributed by atoms with Gasteiger partial charge in [-0.15, -0.1) is 11.6 Å². The van der Waals surface area contributed by atoms with E-state index in [1.54, 1.807) is 0 Å². The molecule has 0 aromatic carbocycles. The highest BCUT2D eigenvalue weighted by atomic mass is 35.5. The molecular weight excluding hydrogens is 212 g/mol. The van der Waals surface area contributed by atoms with E-state index < -0.39 is 6.43 Å². The van der Waals surface area contributed by atoms with Crippen LogP contribution in [0.3, 0.4) is 0 Å². The third-order valence-electron chi connectivity index (χ3n) is 2.02. The number of nitrogens with zero attached hydrogens (tertiary/aromatic N) is 1. The first-order chi connectivity index (χ1) is 6.61. The minimum Gasteiger partial charge on any atom is -0.296 e. The van der Waals surface area contributed by atoms with Crippen molar-refractivity contribution in [3.05, 3.63) is 28.6 Å². The van der Waals surface area contributed by atoms with Crippen molar-refractivity contribution < 1.29 is 13.6 Å². The molecule has 14 heavy (non-hydrogen) atoms. The van der Waals surface area contributed by atoms with Gasteiger partial charge in [-0.25, -0.2) is 8.78 Å². The van der Waals surface area contributed by atoms with Crippen molar-refractivity contribution in [2.24, 2.45) is 0 Å². The van der Waals surface area contributed by atoms with Crippen molar-refractivity contribution >= 4 is 17.9 Å². The van der Waals surface area contributed by atoms with Crippen LogP contribution in [0.15, 0.2) is 6.20 Å². The molecular formula is C9H8ClF2NO. The average molecular weight is 220 g/mol. The summed E-state index contributed by atoms with van der Waals surface area (Å²) in [6.07, 6.45) is -1.06. The molecule has 0 unspecified atom stereocenters. The van der Waals surface area contributed by atoms with Gasteiger partial charge in [-0.3, -0.25) is 9.78 Å². The lowest BCUT2D eigenvalue weighted by Crippen LogP contribution is -2.02. The van der Waals surface area contributed by atoms with Crippen molar-refractivity contribution in [2.45, 2.75) is 19.2 Å². The molecule has 1 heterocycles. The quantitative estimate of drug-likeness (QED) is 0.578. The van der Waals surface area contributed by atoms with E-state index in [4.69, 9.17) is 11.6 Å². The van der Waals surface area contributed by atoms with Gasteiger partial charge in [-0.1, -0.05) is 0 Å². The summed E-state index contributed by atoms with van der Waals surface area (Å²) >= 11 is 5.55. The standard InChI is InChI=1S/C9H8ClF2NO/c1-5-6(2-10)8(4-14)13-3-7(5)9(11)12/h3-4,9H,2H2,1H3. The lowest BCUT2D eigenvalue weighted by molar-refractivity contribution is 0.111. The molecule has 0 saturated heterocycles. The van der Waals surface area contributed by atoms with Gasteiger partial charge < -0.3 is 0 Å². The normalized spacial score (nSPS) is 10.6. The molecule has 0 atom stereocenters. The van der Waals surface area contributed by atoms with Gasteiger partial charge in [0.2, 0.25) is 0 Å². The van der Waals surface area contributed by atoms with E-state index in [0.29, 0.717) is 17.4 Å². The Morgan fingerprint density at radius 1 is 1.64 bits per heavy atom. The van der Waals surface area contributed by atoms with Crippen LogP contribution in [0.1, 0.15) is 33.6 Å². The Hall–Kier alpha value is -1.03. The molecule has 1 aromatic heterocycles. The molecule has 0 bridgehead atoms. The molecule has 2 nitrogen and oxygen atoms in total. The molecule has 0 radical (unpaired) electrons. The van der Waals surface area contributed by atoms with Crippen LogP contribution in [-0.4, -0.2) is 11.3 Å². The largest absolute Gasteiger partial charge is 0.296 e. The second kappa shape index (κ2) is 4.46. The Bertz CT molecular complexity index is 355. The number of halogens is 3. The number of alkyl halides is 3. The van der Waals surface area contributed by atoms with Crippen LogP contribution in [0, 0.1) is 6.92 Å². The topological polar surface area (TPSA) is 30.0 Å². The fourth-order valence-electron chi connectivity index (χ4n) is 1.17. The molecule has 5 heteroatoms. The van der Waals surface area contributed by atoms with Crippen LogP contribution in [0.5, 0.6) is 0 Å². The van der Waals surface area contributed by atoms with Crippen LogP contribution in [0.2, 0.25) is 0 Å². The maximum Gasteiger partial charge on any atom is 0.265 e. The zero-order valence-corrected chi connectivity index (χ0v) is 8.18. The van der Waals surface area contributed by atoms with Gasteiger partial charge in [0.25, 0.3) is 6.43 Å². The second-order valence-electron chi connectivity index (χ2n) is 2.75. The molecule has 0 aliphatic heterocycles. The van der Waals surface area contributed by atoms with Gasteiger partial charge in [0.15, 0.2) is 6.29 Å². The molecule has 0 aliphatic carbocycles. The SMILES string of the molecule is Cc1c(C(F)F)cnc(C=O)c1CCl. The number of pyridine rings is 1. The zero-order chi connectivity index (χ0) is 10.7. The molecule has 0 spiro atoms. The Balaban J connectivity index is 3.34. The average Bonchev–Trinajstić information content (AvgIpc) is 2.16. The van der Waals surface area contributed by atoms with Crippen LogP contribution in [0.4, 0.5) is 8.78 Å². The number of carbonyl (C=O) groups is 1. The molecule has 0 aliphatic rings. The zero-order valence-electron chi connectivity index (χ0n) is 7.43. The summed E-state index contributed by atoms with van der Waals surface area (Å²) in [4.78, 5) is 14.1. The van der Waals surface area contributed by atoms with Crippen LogP contribution in [-0.2, 0) is 5.88 Å². The summed E-state index contributed by atoms with van der Waals surface area (Å²) in [6, 6.07) is 0. The highest BCUT2D eigenvalue weighted by Crippen LogP contribution is 2.25. The molecule has 0 saturated carbocycles. The number of rotatable bonds is 3. The Morgan fingerprint density at radius 2 is 2.29 bits per heavy atom. The van der Waals surface area contributed by atoms with Gasteiger partial charge in [-0.2, -0.15) is 0 Å². The van der Waals surface area contributed by atoms with E-state index in [1.807, 2.05) is 0 Å². The first-order valence-electron chi connectivity index (χ1n) is 3.89. The first-order valence-corrected chi connectivity index (χ1v) is 4.43. The maximum atomic E-state index is 12.4. The Kier molecular flexibility index (Phi) is 3.52. The van der Waals surface area contributed by atoms with Gasteiger partial charge in [-0.05, 0) is 18.1 Å². The minimum atomic E-state index is -2.59. The van der Waals surface area contributed by atoms with Crippen molar-refractivity contribution in [3.63, 3.8) is 0 Å². The summed E-state index contributed by atoms with van der Waals surface area (Å²) < 4.78 is 24.8. The molecule has 1 rings (SSSR count). The van der Waals surface area contributed by atoms with Gasteiger partial charge in [0, 0.05) is 17.6 Å². The van der Waals surface area contributed by atoms with Crippen molar-refractivity contribution in [1.29, 1.82) is 0 Å². The van der Waals surface area contributed by atoms with Gasteiger partial charge in [0.05, 0.1) is 0 Å². The second-order valence-corrected chi connectivity index (χ2v) is 3.02. The fourth-order valence-corrected chi connectivity index (χ4v) is 1.51. The van der Waals surface area contributed by atoms with E-state index in [0.717, 1.165) is 6.20 Å². The summed E-state index contributed by atoms with van der Waals surface area (Å²) in [7, 11) is 0. The van der Waals surface area contributed by atoms with E-state index in [2.05, 4.69) is 4.98 Å². The minimum absolute atomic E-state index is 0.00741. The van der Waals surface area contributed by atoms with E-state index in [-0.39, 0.29) is 17.1 Å². The highest BCUT2D eigenvalue weighted by molar-refractivity contribution is 6.17. The number of aromatic nitrogens is 1. The van der Waals surface area contributed by atoms with Gasteiger partial charge in [0.1, 0.15) is 5.69 Å². The number of hydrogen-bond donors (Lipinski definition) is 0. The number of aldehydes is 1. The smallest absolute Gasteiger partial charge is 0.265 e. The van der Waals surface area contributed by atoms with E-state index in [9.17, 15) is 13.6 Å². The summed E-state index contributed by atoms with van der Waals surface area (Å²) in [5, 5.41) is 0. The third kappa shape index (κ3) is 1.90.